The van der Waals surface area contributed by atoms with Crippen LogP contribution in [-0.4, -0.2) is 80.3 Å². The molecule has 0 bridgehead atoms. The Morgan fingerprint density at radius 3 is 2.46 bits per heavy atom. The van der Waals surface area contributed by atoms with Crippen LogP contribution in [0.4, 0.5) is 5.69 Å². The van der Waals surface area contributed by atoms with Gasteiger partial charge in [-0.15, -0.1) is 11.6 Å². The number of nitrogens with one attached hydrogen (secondary N) is 1. The Hall–Kier alpha value is -3.41. The number of nitrogens with two attached hydrogens (primary N) is 1. The minimum Gasteiger partial charge on any atom is -0.510 e. The number of nitrogens with zero attached hydrogens (tertiary/aromatic N) is 1. The maximum Gasteiger partial charge on any atom is 0.255 e. The van der Waals surface area contributed by atoms with Crippen LogP contribution in [0.2, 0.25) is 0 Å². The number of amides is 2. The zero-order valence-corrected chi connectivity index (χ0v) is 19.6. The van der Waals surface area contributed by atoms with E-state index in [0.29, 0.717) is 5.56 Å². The Bertz CT molecular complexity index is 1250. The molecule has 35 heavy (non-hydrogen) atoms. The predicted molar refractivity (Wildman–Crippen MR) is 123 cm³/mol. The van der Waals surface area contributed by atoms with Crippen LogP contribution in [0.1, 0.15) is 22.3 Å². The van der Waals surface area contributed by atoms with Crippen LogP contribution in [0.25, 0.3) is 0 Å². The number of alkyl halides is 1. The molecule has 3 aliphatic carbocycles. The Balaban J connectivity index is 1.90. The first kappa shape index (κ1) is 24.7. The van der Waals surface area contributed by atoms with Gasteiger partial charge in [0.25, 0.3) is 5.91 Å². The summed E-state index contributed by atoms with van der Waals surface area (Å²) in [5, 5.41) is 46.5. The summed E-state index contributed by atoms with van der Waals surface area (Å²) in [6.07, 6.45) is 0.156. The summed E-state index contributed by atoms with van der Waals surface area (Å²) in [4.78, 5) is 51.9. The first-order chi connectivity index (χ1) is 16.4. The van der Waals surface area contributed by atoms with Crippen molar-refractivity contribution in [3.63, 3.8) is 0 Å². The molecule has 12 heteroatoms. The highest BCUT2D eigenvalue weighted by Crippen LogP contribution is 2.52. The predicted octanol–water partition coefficient (Wildman–Crippen LogP) is 0.298. The number of rotatable bonds is 4. The molecule has 0 aromatic heterocycles. The molecular formula is C23H24ClN3O8. The lowest BCUT2D eigenvalue weighted by Gasteiger charge is -2.50. The number of aromatic hydroxyl groups is 1. The summed E-state index contributed by atoms with van der Waals surface area (Å²) in [5.41, 5.74) is 1.62. The van der Waals surface area contributed by atoms with Crippen LogP contribution in [0, 0.1) is 11.8 Å². The van der Waals surface area contributed by atoms with Crippen LogP contribution in [-0.2, 0) is 20.8 Å². The Labute approximate surface area is 204 Å². The highest BCUT2D eigenvalue weighted by Gasteiger charge is 2.63. The molecule has 1 aromatic carbocycles. The monoisotopic (exact) mass is 505 g/mol. The number of phenolic OH excluding ortho intramolecular Hbond substituents is 1. The normalized spacial score (nSPS) is 28.0. The highest BCUT2D eigenvalue weighted by atomic mass is 35.5. The molecule has 0 saturated carbocycles. The van der Waals surface area contributed by atoms with E-state index in [1.54, 1.807) is 20.2 Å². The third kappa shape index (κ3) is 3.41. The Morgan fingerprint density at radius 2 is 1.89 bits per heavy atom. The van der Waals surface area contributed by atoms with Crippen molar-refractivity contribution in [2.24, 2.45) is 17.6 Å². The van der Waals surface area contributed by atoms with E-state index in [4.69, 9.17) is 17.3 Å². The molecule has 7 N–H and O–H groups in total. The molecule has 0 radical (unpaired) electrons. The van der Waals surface area contributed by atoms with Crippen molar-refractivity contribution in [1.82, 2.24) is 4.90 Å². The molecule has 0 saturated heterocycles. The molecule has 2 amide bonds. The molecule has 4 atom stereocenters. The fourth-order valence-electron chi connectivity index (χ4n) is 5.51. The van der Waals surface area contributed by atoms with Crippen molar-refractivity contribution in [1.29, 1.82) is 0 Å². The van der Waals surface area contributed by atoms with Gasteiger partial charge in [-0.2, -0.15) is 0 Å². The van der Waals surface area contributed by atoms with Crippen LogP contribution >= 0.6 is 11.6 Å². The number of carbonyl (C=O) groups is 4. The van der Waals surface area contributed by atoms with E-state index < -0.39 is 69.7 Å². The van der Waals surface area contributed by atoms with Crippen LogP contribution in [0.3, 0.4) is 0 Å². The number of anilines is 1. The Morgan fingerprint density at radius 1 is 1.23 bits per heavy atom. The summed E-state index contributed by atoms with van der Waals surface area (Å²) in [7, 11) is 3.12. The minimum atomic E-state index is -2.70. The van der Waals surface area contributed by atoms with Gasteiger partial charge < -0.3 is 31.5 Å². The van der Waals surface area contributed by atoms with Gasteiger partial charge >= 0.3 is 0 Å². The maximum atomic E-state index is 13.5. The first-order valence-corrected chi connectivity index (χ1v) is 11.2. The molecule has 4 rings (SSSR count). The van der Waals surface area contributed by atoms with Crippen molar-refractivity contribution in [2.45, 2.75) is 24.5 Å². The van der Waals surface area contributed by atoms with E-state index in [1.165, 1.54) is 11.0 Å². The quantitative estimate of drug-likeness (QED) is 0.190. The van der Waals surface area contributed by atoms with E-state index in [-0.39, 0.29) is 35.5 Å². The van der Waals surface area contributed by atoms with E-state index in [0.717, 1.165) is 0 Å². The van der Waals surface area contributed by atoms with Crippen molar-refractivity contribution < 1.29 is 39.6 Å². The summed E-state index contributed by atoms with van der Waals surface area (Å²) in [6.45, 7) is 0. The van der Waals surface area contributed by atoms with Crippen molar-refractivity contribution >= 4 is 40.7 Å². The zero-order valence-electron chi connectivity index (χ0n) is 18.8. The minimum absolute atomic E-state index is 0.00272. The van der Waals surface area contributed by atoms with Gasteiger partial charge in [-0.05, 0) is 44.5 Å². The number of Topliss-reactive ketones (excluding diaryl/α,β-unsaturated/α-hetero) is 2. The number of benzene rings is 1. The molecule has 1 aromatic rings. The van der Waals surface area contributed by atoms with Gasteiger partial charge in [-0.25, -0.2) is 0 Å². The molecule has 2 unspecified atom stereocenters. The Kier molecular flexibility index (Phi) is 5.90. The van der Waals surface area contributed by atoms with Gasteiger partial charge in [-0.1, -0.05) is 6.07 Å². The molecule has 0 aliphatic heterocycles. The maximum absolute atomic E-state index is 13.5. The zero-order chi connectivity index (χ0) is 26.0. The molecule has 0 heterocycles. The third-order valence-corrected chi connectivity index (χ3v) is 7.23. The van der Waals surface area contributed by atoms with Crippen LogP contribution < -0.4 is 11.1 Å². The fraction of sp³-hybridized carbons (Fsp3) is 0.391. The van der Waals surface area contributed by atoms with Gasteiger partial charge in [0.1, 0.15) is 23.0 Å². The molecule has 186 valence electrons. The third-order valence-electron chi connectivity index (χ3n) is 6.99. The molecule has 0 fully saturated rings. The number of primary amides is 1. The standard InChI is InChI=1S/C23H24ClN3O8/c1-27(2)16-10-6-9-5-8-3-4-11(26-12(28)7-24)17(29)13(8)18(30)14(9)20(32)23(10,35)21(33)15(19(16)31)22(25)34/h3-4,9-10,16,29,31-32,35H,5-7H2,1-2H3,(H2,25,34)(H,26,28)/t9?,10?,16-,23-/m0/s1. The lowest BCUT2D eigenvalue weighted by Crippen LogP contribution is -2.63. The average Bonchev–Trinajstić information content (AvgIpc) is 2.77. The van der Waals surface area contributed by atoms with Gasteiger partial charge in [0, 0.05) is 11.5 Å². The highest BCUT2D eigenvalue weighted by molar-refractivity contribution is 6.29. The van der Waals surface area contributed by atoms with Crippen molar-refractivity contribution in [2.75, 3.05) is 25.3 Å². The number of ketones is 2. The SMILES string of the molecule is CN(C)[C@@H]1C(O)=C(C(N)=O)C(=O)[C@@]2(O)C(O)=C3C(=O)c4c(ccc(NC(=O)CCl)c4O)CC3CC12. The number of halogens is 1. The van der Waals surface area contributed by atoms with E-state index in [9.17, 15) is 39.6 Å². The fourth-order valence-corrected chi connectivity index (χ4v) is 5.58. The van der Waals surface area contributed by atoms with Gasteiger partial charge in [0.2, 0.25) is 11.7 Å². The van der Waals surface area contributed by atoms with E-state index in [1.807, 2.05) is 0 Å². The average molecular weight is 506 g/mol. The summed E-state index contributed by atoms with van der Waals surface area (Å²) < 4.78 is 0. The number of aliphatic hydroxyl groups excluding tert-OH is 2. The number of allylic oxidation sites excluding steroid dienone is 1. The van der Waals surface area contributed by atoms with Crippen LogP contribution in [0.15, 0.2) is 34.8 Å². The van der Waals surface area contributed by atoms with Crippen molar-refractivity contribution in [3.8, 4) is 5.75 Å². The number of phenols is 1. The van der Waals surface area contributed by atoms with Crippen LogP contribution in [0.5, 0.6) is 5.75 Å². The lowest BCUT2D eigenvalue weighted by atomic mass is 9.58. The number of likely N-dealkylation sites (N-methyl/N-ethyl adjacent to an activating group) is 1. The molecule has 3 aliphatic rings. The van der Waals surface area contributed by atoms with E-state index in [2.05, 4.69) is 5.32 Å². The topological polar surface area (TPSA) is 190 Å². The molecule has 11 nitrogen and oxygen atoms in total. The van der Waals surface area contributed by atoms with Gasteiger partial charge in [0.15, 0.2) is 17.1 Å². The first-order valence-electron chi connectivity index (χ1n) is 10.7. The second-order valence-corrected chi connectivity index (χ2v) is 9.41. The van der Waals surface area contributed by atoms with E-state index >= 15 is 0 Å². The smallest absolute Gasteiger partial charge is 0.255 e. The summed E-state index contributed by atoms with van der Waals surface area (Å²) in [6, 6.07) is 1.91. The number of hydrogen-bond acceptors (Lipinski definition) is 9. The number of fused-ring (bicyclic) bond motifs is 3. The largest absolute Gasteiger partial charge is 0.510 e. The molecule has 0 spiro atoms. The molecular weight excluding hydrogens is 482 g/mol. The second kappa shape index (κ2) is 8.36. The summed E-state index contributed by atoms with van der Waals surface area (Å²) in [5.74, 6) is -8.32. The number of carbonyl (C=O) groups excluding carboxylic acids is 4. The number of aliphatic hydroxyl groups is 3. The second-order valence-electron chi connectivity index (χ2n) is 9.14. The van der Waals surface area contributed by atoms with Gasteiger partial charge in [0.05, 0.1) is 17.3 Å². The lowest BCUT2D eigenvalue weighted by molar-refractivity contribution is -0.148. The van der Waals surface area contributed by atoms with Crippen molar-refractivity contribution in [3.05, 3.63) is 45.9 Å². The van der Waals surface area contributed by atoms with Gasteiger partial charge in [-0.3, -0.25) is 24.1 Å². The number of hydrogen-bond donors (Lipinski definition) is 6. The summed E-state index contributed by atoms with van der Waals surface area (Å²) >= 11 is 5.49.